The monoisotopic (exact) mass is 288 g/mol. The molecule has 0 saturated carbocycles. The van der Waals surface area contributed by atoms with Crippen molar-refractivity contribution in [2.45, 2.75) is 58.5 Å². The van der Waals surface area contributed by atoms with Crippen molar-refractivity contribution in [1.29, 1.82) is 0 Å². The lowest BCUT2D eigenvalue weighted by Crippen LogP contribution is -2.63. The Morgan fingerprint density at radius 1 is 1.29 bits per heavy atom. The molecule has 0 aliphatic carbocycles. The zero-order chi connectivity index (χ0) is 15.3. The standard InChI is InChI=1S/C19H32N2/c1-5-7-13-21-14-18(16(3)6-2)20-15-19(21,4)17-11-9-8-10-12-17/h8-12,16,18,20H,5-7,13-15H2,1-4H3. The minimum atomic E-state index is 0.125. The van der Waals surface area contributed by atoms with Gasteiger partial charge in [-0.1, -0.05) is 63.9 Å². The first-order chi connectivity index (χ1) is 10.1. The van der Waals surface area contributed by atoms with Crippen LogP contribution in [0.15, 0.2) is 30.3 Å². The quantitative estimate of drug-likeness (QED) is 0.850. The van der Waals surface area contributed by atoms with E-state index in [-0.39, 0.29) is 5.54 Å². The predicted octanol–water partition coefficient (Wildman–Crippen LogP) is 4.02. The Bertz CT molecular complexity index is 417. The minimum Gasteiger partial charge on any atom is -0.310 e. The van der Waals surface area contributed by atoms with Crippen LogP contribution in [0.25, 0.3) is 0 Å². The van der Waals surface area contributed by atoms with Crippen molar-refractivity contribution < 1.29 is 0 Å². The molecule has 1 heterocycles. The van der Waals surface area contributed by atoms with E-state index in [1.807, 2.05) is 0 Å². The van der Waals surface area contributed by atoms with Gasteiger partial charge in [0.25, 0.3) is 0 Å². The summed E-state index contributed by atoms with van der Waals surface area (Å²) in [5, 5.41) is 3.82. The summed E-state index contributed by atoms with van der Waals surface area (Å²) in [5.74, 6) is 0.745. The number of hydrogen-bond donors (Lipinski definition) is 1. The van der Waals surface area contributed by atoms with Crippen LogP contribution in [0.5, 0.6) is 0 Å². The van der Waals surface area contributed by atoms with E-state index in [1.54, 1.807) is 0 Å². The fourth-order valence-electron chi connectivity index (χ4n) is 3.38. The largest absolute Gasteiger partial charge is 0.310 e. The van der Waals surface area contributed by atoms with Gasteiger partial charge in [0.1, 0.15) is 0 Å². The van der Waals surface area contributed by atoms with Gasteiger partial charge in [-0.3, -0.25) is 4.90 Å². The lowest BCUT2D eigenvalue weighted by Gasteiger charge is -2.50. The number of benzene rings is 1. The second-order valence-electron chi connectivity index (χ2n) is 6.81. The summed E-state index contributed by atoms with van der Waals surface area (Å²) in [6, 6.07) is 11.6. The van der Waals surface area contributed by atoms with E-state index in [4.69, 9.17) is 0 Å². The Labute approximate surface area is 130 Å². The van der Waals surface area contributed by atoms with Gasteiger partial charge < -0.3 is 5.32 Å². The Kier molecular flexibility index (Phi) is 5.83. The first kappa shape index (κ1) is 16.5. The molecule has 0 aromatic heterocycles. The van der Waals surface area contributed by atoms with Gasteiger partial charge in [-0.05, 0) is 31.4 Å². The molecular weight excluding hydrogens is 256 g/mol. The highest BCUT2D eigenvalue weighted by atomic mass is 15.3. The zero-order valence-electron chi connectivity index (χ0n) is 14.2. The van der Waals surface area contributed by atoms with E-state index >= 15 is 0 Å². The van der Waals surface area contributed by atoms with Crippen molar-refractivity contribution in [3.05, 3.63) is 35.9 Å². The molecule has 1 aromatic carbocycles. The predicted molar refractivity (Wildman–Crippen MR) is 91.5 cm³/mol. The molecule has 1 saturated heterocycles. The van der Waals surface area contributed by atoms with Crippen molar-refractivity contribution >= 4 is 0 Å². The maximum absolute atomic E-state index is 3.82. The average molecular weight is 288 g/mol. The van der Waals surface area contributed by atoms with Crippen LogP contribution in [0.3, 0.4) is 0 Å². The van der Waals surface area contributed by atoms with Crippen LogP contribution in [0.4, 0.5) is 0 Å². The molecule has 118 valence electrons. The van der Waals surface area contributed by atoms with Crippen molar-refractivity contribution in [3.63, 3.8) is 0 Å². The number of piperazine rings is 1. The number of rotatable bonds is 6. The molecule has 1 N–H and O–H groups in total. The average Bonchev–Trinajstić information content (AvgIpc) is 2.54. The molecule has 1 aliphatic rings. The zero-order valence-corrected chi connectivity index (χ0v) is 14.2. The Balaban J connectivity index is 2.19. The second kappa shape index (κ2) is 7.42. The van der Waals surface area contributed by atoms with Crippen molar-refractivity contribution in [2.75, 3.05) is 19.6 Å². The third kappa shape index (κ3) is 3.67. The second-order valence-corrected chi connectivity index (χ2v) is 6.81. The van der Waals surface area contributed by atoms with Gasteiger partial charge in [-0.25, -0.2) is 0 Å². The Morgan fingerprint density at radius 2 is 2.00 bits per heavy atom. The van der Waals surface area contributed by atoms with Crippen molar-refractivity contribution in [1.82, 2.24) is 10.2 Å². The molecule has 3 atom stereocenters. The molecule has 0 spiro atoms. The molecule has 3 unspecified atom stereocenters. The molecule has 2 heteroatoms. The number of nitrogens with zero attached hydrogens (tertiary/aromatic N) is 1. The smallest absolute Gasteiger partial charge is 0.0558 e. The maximum Gasteiger partial charge on any atom is 0.0558 e. The first-order valence-corrected chi connectivity index (χ1v) is 8.65. The van der Waals surface area contributed by atoms with E-state index in [0.29, 0.717) is 6.04 Å². The van der Waals surface area contributed by atoms with Gasteiger partial charge in [0.05, 0.1) is 5.54 Å². The van der Waals surface area contributed by atoms with Crippen molar-refractivity contribution in [2.24, 2.45) is 5.92 Å². The van der Waals surface area contributed by atoms with Crippen LogP contribution >= 0.6 is 0 Å². The third-order valence-electron chi connectivity index (χ3n) is 5.33. The van der Waals surface area contributed by atoms with Crippen molar-refractivity contribution in [3.8, 4) is 0 Å². The molecule has 0 amide bonds. The fourth-order valence-corrected chi connectivity index (χ4v) is 3.38. The topological polar surface area (TPSA) is 15.3 Å². The van der Waals surface area contributed by atoms with Crippen LogP contribution in [-0.4, -0.2) is 30.6 Å². The van der Waals surface area contributed by atoms with Crippen LogP contribution < -0.4 is 5.32 Å². The van der Waals surface area contributed by atoms with E-state index < -0.39 is 0 Å². The highest BCUT2D eigenvalue weighted by Crippen LogP contribution is 2.32. The van der Waals surface area contributed by atoms with E-state index in [1.165, 1.54) is 37.9 Å². The van der Waals surface area contributed by atoms with Crippen LogP contribution in [0, 0.1) is 5.92 Å². The molecule has 2 rings (SSSR count). The van der Waals surface area contributed by atoms with Crippen LogP contribution in [0.2, 0.25) is 0 Å². The molecule has 1 fully saturated rings. The molecule has 21 heavy (non-hydrogen) atoms. The van der Waals surface area contributed by atoms with Gasteiger partial charge in [0, 0.05) is 19.1 Å². The maximum atomic E-state index is 3.82. The lowest BCUT2D eigenvalue weighted by molar-refractivity contribution is 0.0354. The molecular formula is C19H32N2. The van der Waals surface area contributed by atoms with Gasteiger partial charge in [-0.2, -0.15) is 0 Å². The highest BCUT2D eigenvalue weighted by molar-refractivity contribution is 5.25. The molecule has 0 radical (unpaired) electrons. The lowest BCUT2D eigenvalue weighted by atomic mass is 9.84. The molecule has 0 bridgehead atoms. The fraction of sp³-hybridized carbons (Fsp3) is 0.684. The number of hydrogen-bond acceptors (Lipinski definition) is 2. The molecule has 1 aliphatic heterocycles. The van der Waals surface area contributed by atoms with E-state index in [0.717, 1.165) is 12.5 Å². The van der Waals surface area contributed by atoms with Crippen LogP contribution in [-0.2, 0) is 5.54 Å². The summed E-state index contributed by atoms with van der Waals surface area (Å²) in [5.41, 5.74) is 1.57. The summed E-state index contributed by atoms with van der Waals surface area (Å²) >= 11 is 0. The summed E-state index contributed by atoms with van der Waals surface area (Å²) < 4.78 is 0. The summed E-state index contributed by atoms with van der Waals surface area (Å²) in [6.07, 6.45) is 3.81. The summed E-state index contributed by atoms with van der Waals surface area (Å²) in [4.78, 5) is 2.72. The SMILES string of the molecule is CCCCN1CC(C(C)CC)NCC1(C)c1ccccc1. The van der Waals surface area contributed by atoms with Crippen LogP contribution in [0.1, 0.15) is 52.5 Å². The molecule has 2 nitrogen and oxygen atoms in total. The minimum absolute atomic E-state index is 0.125. The van der Waals surface area contributed by atoms with E-state index in [9.17, 15) is 0 Å². The van der Waals surface area contributed by atoms with Gasteiger partial charge >= 0.3 is 0 Å². The summed E-state index contributed by atoms with van der Waals surface area (Å²) in [6.45, 7) is 12.8. The normalized spacial score (nSPS) is 28.5. The van der Waals surface area contributed by atoms with E-state index in [2.05, 4.69) is 68.2 Å². The van der Waals surface area contributed by atoms with Gasteiger partial charge in [0.15, 0.2) is 0 Å². The third-order valence-corrected chi connectivity index (χ3v) is 5.33. The summed E-state index contributed by atoms with van der Waals surface area (Å²) in [7, 11) is 0. The molecule has 1 aromatic rings. The first-order valence-electron chi connectivity index (χ1n) is 8.65. The number of nitrogens with one attached hydrogen (secondary N) is 1. The number of unbranched alkanes of at least 4 members (excludes halogenated alkanes) is 1. The Hall–Kier alpha value is -0.860. The van der Waals surface area contributed by atoms with Gasteiger partial charge in [-0.15, -0.1) is 0 Å². The van der Waals surface area contributed by atoms with Gasteiger partial charge in [0.2, 0.25) is 0 Å². The highest BCUT2D eigenvalue weighted by Gasteiger charge is 2.39. The Morgan fingerprint density at radius 3 is 2.62 bits per heavy atom.